The highest BCUT2D eigenvalue weighted by Crippen LogP contribution is 2.45. The lowest BCUT2D eigenvalue weighted by Crippen LogP contribution is -2.30. The number of rotatable bonds is 72. The summed E-state index contributed by atoms with van der Waals surface area (Å²) >= 11 is 0. The van der Waals surface area contributed by atoms with Gasteiger partial charge in [0.1, 0.15) is 19.3 Å². The first-order valence-electron chi connectivity index (χ1n) is 38.0. The number of unbranched alkanes of at least 4 members (excludes halogenated alkanes) is 42. The maximum atomic E-state index is 13.1. The van der Waals surface area contributed by atoms with E-state index in [1.54, 1.807) is 0 Å². The van der Waals surface area contributed by atoms with E-state index in [4.69, 9.17) is 37.0 Å². The Morgan fingerprint density at radius 3 is 0.739 bits per heavy atom. The van der Waals surface area contributed by atoms with Crippen LogP contribution in [0.25, 0.3) is 0 Å². The van der Waals surface area contributed by atoms with Crippen molar-refractivity contribution in [1.29, 1.82) is 0 Å². The van der Waals surface area contributed by atoms with Gasteiger partial charge in [0.2, 0.25) is 0 Å². The highest BCUT2D eigenvalue weighted by atomic mass is 31.2. The molecule has 19 heteroatoms. The third kappa shape index (κ3) is 66.7. The number of carbonyl (C=O) groups excluding carboxylic acids is 4. The van der Waals surface area contributed by atoms with Crippen LogP contribution in [0.1, 0.15) is 375 Å². The molecule has 0 amide bonds. The van der Waals surface area contributed by atoms with Gasteiger partial charge in [-0.2, -0.15) is 0 Å². The minimum absolute atomic E-state index is 0.105. The molecule has 2 unspecified atom stereocenters. The molecule has 0 saturated heterocycles. The molecule has 0 aliphatic carbocycles. The van der Waals surface area contributed by atoms with E-state index in [2.05, 4.69) is 41.5 Å². The number of esters is 4. The summed E-state index contributed by atoms with van der Waals surface area (Å²) in [6, 6.07) is 0. The van der Waals surface area contributed by atoms with E-state index in [1.165, 1.54) is 193 Å². The average Bonchev–Trinajstić information content (AvgIpc) is 2.73. The summed E-state index contributed by atoms with van der Waals surface area (Å²) in [6.45, 7) is 9.55. The van der Waals surface area contributed by atoms with Crippen molar-refractivity contribution in [2.45, 2.75) is 394 Å². The Hall–Kier alpha value is -1.94. The van der Waals surface area contributed by atoms with Crippen molar-refractivity contribution >= 4 is 39.5 Å². The lowest BCUT2D eigenvalue weighted by Gasteiger charge is -2.21. The maximum Gasteiger partial charge on any atom is 0.472 e. The molecule has 0 aromatic rings. The molecule has 0 heterocycles. The van der Waals surface area contributed by atoms with E-state index in [0.717, 1.165) is 102 Å². The third-order valence-electron chi connectivity index (χ3n) is 17.0. The topological polar surface area (TPSA) is 237 Å². The summed E-state index contributed by atoms with van der Waals surface area (Å²) in [5.74, 6) is -0.614. The number of aliphatic hydroxyl groups is 1. The zero-order valence-corrected chi connectivity index (χ0v) is 61.6. The van der Waals surface area contributed by atoms with Gasteiger partial charge in [-0.05, 0) is 37.5 Å². The molecule has 0 aromatic carbocycles. The molecule has 0 aromatic heterocycles. The average molecular weight is 1350 g/mol. The molecular formula is C73H142O17P2. The number of ether oxygens (including phenoxy) is 4. The molecule has 0 aliphatic rings. The fourth-order valence-electron chi connectivity index (χ4n) is 11.1. The third-order valence-corrected chi connectivity index (χ3v) is 18.9. The number of hydrogen-bond acceptors (Lipinski definition) is 15. The second-order valence-electron chi connectivity index (χ2n) is 27.3. The van der Waals surface area contributed by atoms with Gasteiger partial charge in [0.05, 0.1) is 26.4 Å². The summed E-state index contributed by atoms with van der Waals surface area (Å²) in [7, 11) is -9.90. The zero-order chi connectivity index (χ0) is 67.9. The fraction of sp³-hybridized carbons (Fsp3) is 0.945. The minimum atomic E-state index is -4.95. The Morgan fingerprint density at radius 2 is 0.500 bits per heavy atom. The van der Waals surface area contributed by atoms with Gasteiger partial charge in [0, 0.05) is 25.7 Å². The van der Waals surface area contributed by atoms with Gasteiger partial charge in [-0.3, -0.25) is 37.3 Å². The number of carbonyl (C=O) groups is 4. The smallest absolute Gasteiger partial charge is 0.462 e. The summed E-state index contributed by atoms with van der Waals surface area (Å²) in [6.07, 6.45) is 51.2. The molecule has 0 saturated carbocycles. The Kier molecular flexibility index (Phi) is 63.7. The second-order valence-corrected chi connectivity index (χ2v) is 30.2. The van der Waals surface area contributed by atoms with Gasteiger partial charge in [-0.1, -0.05) is 324 Å². The number of phosphoric acid groups is 2. The highest BCUT2D eigenvalue weighted by Gasteiger charge is 2.30. The van der Waals surface area contributed by atoms with E-state index in [9.17, 15) is 43.2 Å². The van der Waals surface area contributed by atoms with Crippen LogP contribution in [0.2, 0.25) is 0 Å². The van der Waals surface area contributed by atoms with Gasteiger partial charge in [0.15, 0.2) is 12.2 Å². The molecule has 0 radical (unpaired) electrons. The fourth-order valence-corrected chi connectivity index (χ4v) is 12.7. The van der Waals surface area contributed by atoms with Crippen LogP contribution >= 0.6 is 15.6 Å². The molecule has 0 spiro atoms. The normalized spacial score (nSPS) is 14.1. The molecule has 546 valence electrons. The van der Waals surface area contributed by atoms with Crippen molar-refractivity contribution in [1.82, 2.24) is 0 Å². The van der Waals surface area contributed by atoms with Gasteiger partial charge in [-0.15, -0.1) is 0 Å². The Morgan fingerprint density at radius 1 is 0.293 bits per heavy atom. The molecule has 0 rings (SSSR count). The zero-order valence-electron chi connectivity index (χ0n) is 59.9. The van der Waals surface area contributed by atoms with Gasteiger partial charge in [0.25, 0.3) is 0 Å². The van der Waals surface area contributed by atoms with Gasteiger partial charge in [-0.25, -0.2) is 9.13 Å². The van der Waals surface area contributed by atoms with Crippen LogP contribution in [0.4, 0.5) is 0 Å². The summed E-state index contributed by atoms with van der Waals surface area (Å²) in [5, 5.41) is 10.6. The van der Waals surface area contributed by atoms with E-state index in [-0.39, 0.29) is 25.7 Å². The Labute approximate surface area is 562 Å². The molecule has 5 atom stereocenters. The molecule has 3 N–H and O–H groups in total. The lowest BCUT2D eigenvalue weighted by molar-refractivity contribution is -0.161. The van der Waals surface area contributed by atoms with Crippen molar-refractivity contribution in [3.63, 3.8) is 0 Å². The van der Waals surface area contributed by atoms with Crippen LogP contribution in [0.15, 0.2) is 0 Å². The van der Waals surface area contributed by atoms with Crippen molar-refractivity contribution in [3.05, 3.63) is 0 Å². The summed E-state index contributed by atoms with van der Waals surface area (Å²) < 4.78 is 68.4. The van der Waals surface area contributed by atoms with Crippen molar-refractivity contribution in [3.8, 4) is 0 Å². The van der Waals surface area contributed by atoms with Crippen molar-refractivity contribution < 1.29 is 80.2 Å². The molecule has 92 heavy (non-hydrogen) atoms. The predicted octanol–water partition coefficient (Wildman–Crippen LogP) is 21.2. The van der Waals surface area contributed by atoms with Crippen LogP contribution < -0.4 is 0 Å². The van der Waals surface area contributed by atoms with Crippen molar-refractivity contribution in [2.75, 3.05) is 39.6 Å². The standard InChI is InChI=1S/C73H142O17P2/c1-7-9-11-13-15-17-19-20-23-27-31-38-44-50-56-71(76)84-61-68(89-72(77)57-51-45-39-32-28-24-21-22-26-29-35-41-47-53-65(3)4)63-87-91(79,80)85-59-67(74)60-86-92(81,82)88-64-69(90-73(78)58-52-46-40-34-33-36-42-48-54-66(5)6)62-83-70(75)55-49-43-37-30-25-18-16-14-12-10-8-2/h65-69,74H,7-64H2,1-6H3,(H,79,80)(H,81,82)/t67-,68-,69-/m1/s1. The highest BCUT2D eigenvalue weighted by molar-refractivity contribution is 7.47. The summed E-state index contributed by atoms with van der Waals surface area (Å²) in [4.78, 5) is 72.7. The molecule has 0 fully saturated rings. The molecular weight excluding hydrogens is 1210 g/mol. The monoisotopic (exact) mass is 1350 g/mol. The van der Waals surface area contributed by atoms with Crippen LogP contribution in [0, 0.1) is 11.8 Å². The van der Waals surface area contributed by atoms with E-state index in [1.807, 2.05) is 0 Å². The first-order valence-corrected chi connectivity index (χ1v) is 41.0. The van der Waals surface area contributed by atoms with Crippen LogP contribution in [0.5, 0.6) is 0 Å². The maximum absolute atomic E-state index is 13.1. The number of aliphatic hydroxyl groups excluding tert-OH is 1. The van der Waals surface area contributed by atoms with Gasteiger partial charge >= 0.3 is 39.5 Å². The first kappa shape index (κ1) is 90.1. The number of phosphoric ester groups is 2. The second kappa shape index (κ2) is 65.0. The molecule has 0 aliphatic heterocycles. The molecule has 17 nitrogen and oxygen atoms in total. The Bertz CT molecular complexity index is 1790. The van der Waals surface area contributed by atoms with Crippen molar-refractivity contribution in [2.24, 2.45) is 11.8 Å². The van der Waals surface area contributed by atoms with E-state index < -0.39 is 97.5 Å². The first-order chi connectivity index (χ1) is 44.4. The van der Waals surface area contributed by atoms with Crippen LogP contribution in [-0.2, 0) is 65.4 Å². The number of hydrogen-bond donors (Lipinski definition) is 3. The predicted molar refractivity (Wildman–Crippen MR) is 372 cm³/mol. The summed E-state index contributed by atoms with van der Waals surface area (Å²) in [5.41, 5.74) is 0. The van der Waals surface area contributed by atoms with E-state index >= 15 is 0 Å². The lowest BCUT2D eigenvalue weighted by atomic mass is 10.0. The minimum Gasteiger partial charge on any atom is -0.462 e. The molecule has 0 bridgehead atoms. The van der Waals surface area contributed by atoms with Crippen LogP contribution in [0.3, 0.4) is 0 Å². The quantitative estimate of drug-likeness (QED) is 0.0222. The Balaban J connectivity index is 5.25. The largest absolute Gasteiger partial charge is 0.472 e. The van der Waals surface area contributed by atoms with E-state index in [0.29, 0.717) is 25.7 Å². The SMILES string of the molecule is CCCCCCCCCCCCCCCCC(=O)OC[C@H](COP(=O)(O)OC[C@@H](O)COP(=O)(O)OC[C@@H](COC(=O)CCCCCCCCCCCCC)OC(=O)CCCCCCCCCCC(C)C)OC(=O)CCCCCCCCCCCCCCCC(C)C. The van der Waals surface area contributed by atoms with Crippen LogP contribution in [-0.4, -0.2) is 96.7 Å². The van der Waals surface area contributed by atoms with Gasteiger partial charge < -0.3 is 33.8 Å².